The molecule has 132 valence electrons. The molecule has 0 radical (unpaired) electrons. The van der Waals surface area contributed by atoms with Gasteiger partial charge in [-0.1, -0.05) is 6.42 Å². The van der Waals surface area contributed by atoms with E-state index in [1.165, 1.54) is 0 Å². The summed E-state index contributed by atoms with van der Waals surface area (Å²) >= 11 is 0. The number of nitrogens with one attached hydrogen (secondary N) is 2. The zero-order valence-corrected chi connectivity index (χ0v) is 14.4. The molecule has 0 spiro atoms. The molecule has 1 aliphatic carbocycles. The third kappa shape index (κ3) is 5.07. The average molecular weight is 347 g/mol. The van der Waals surface area contributed by atoms with Gasteiger partial charge in [0.15, 0.2) is 0 Å². The van der Waals surface area contributed by atoms with Crippen molar-refractivity contribution in [3.63, 3.8) is 0 Å². The summed E-state index contributed by atoms with van der Waals surface area (Å²) in [6.07, 6.45) is 4.89. The molecule has 2 aliphatic rings. The van der Waals surface area contributed by atoms with Gasteiger partial charge in [-0.2, -0.15) is 0 Å². The third-order valence-electron chi connectivity index (χ3n) is 4.72. The summed E-state index contributed by atoms with van der Waals surface area (Å²) in [7, 11) is 1.57. The maximum atomic E-state index is 12.2. The summed E-state index contributed by atoms with van der Waals surface area (Å²) in [5, 5.41) is 5.24. The van der Waals surface area contributed by atoms with Crippen LogP contribution in [0.4, 0.5) is 0 Å². The van der Waals surface area contributed by atoms with E-state index in [1.807, 2.05) is 0 Å². The maximum absolute atomic E-state index is 12.2. The molecule has 1 unspecified atom stereocenters. The number of halogens is 1. The Hall–Kier alpha value is -1.34. The quantitative estimate of drug-likeness (QED) is 0.640. The van der Waals surface area contributed by atoms with Crippen molar-refractivity contribution in [2.75, 3.05) is 20.1 Å². The first-order valence-corrected chi connectivity index (χ1v) is 8.06. The van der Waals surface area contributed by atoms with Crippen molar-refractivity contribution in [1.29, 1.82) is 0 Å². The van der Waals surface area contributed by atoms with Crippen LogP contribution in [0.1, 0.15) is 38.5 Å². The van der Waals surface area contributed by atoms with Gasteiger partial charge < -0.3 is 21.3 Å². The number of hydrogen-bond acceptors (Lipinski definition) is 4. The maximum Gasteiger partial charge on any atom is 0.242 e. The van der Waals surface area contributed by atoms with E-state index in [1.54, 1.807) is 11.9 Å². The van der Waals surface area contributed by atoms with Crippen LogP contribution in [-0.2, 0) is 14.4 Å². The minimum absolute atomic E-state index is 0. The van der Waals surface area contributed by atoms with Crippen molar-refractivity contribution in [2.24, 2.45) is 11.7 Å². The number of amides is 3. The molecule has 1 saturated heterocycles. The average Bonchev–Trinajstić information content (AvgIpc) is 3.14. The lowest BCUT2D eigenvalue weighted by Crippen LogP contribution is -2.48. The Morgan fingerprint density at radius 3 is 2.52 bits per heavy atom. The fourth-order valence-electron chi connectivity index (χ4n) is 3.41. The van der Waals surface area contributed by atoms with E-state index in [0.717, 1.165) is 25.7 Å². The van der Waals surface area contributed by atoms with Gasteiger partial charge in [-0.05, 0) is 31.6 Å². The highest BCUT2D eigenvalue weighted by Crippen LogP contribution is 2.26. The predicted molar refractivity (Wildman–Crippen MR) is 89.0 cm³/mol. The van der Waals surface area contributed by atoms with Gasteiger partial charge in [0.1, 0.15) is 6.04 Å². The molecule has 1 aliphatic heterocycles. The van der Waals surface area contributed by atoms with Crippen LogP contribution in [0.25, 0.3) is 0 Å². The number of likely N-dealkylation sites (N-methyl/N-ethyl adjacent to an activating group) is 1. The third-order valence-corrected chi connectivity index (χ3v) is 4.72. The Labute approximate surface area is 143 Å². The Bertz CT molecular complexity index is 446. The fraction of sp³-hybridized carbons (Fsp3) is 0.800. The molecule has 0 bridgehead atoms. The Kier molecular flexibility index (Phi) is 7.78. The number of rotatable bonds is 5. The first kappa shape index (κ1) is 19.7. The van der Waals surface area contributed by atoms with Gasteiger partial charge in [0.05, 0.1) is 6.54 Å². The molecule has 0 aromatic heterocycles. The Balaban J connectivity index is 0.00000264. The van der Waals surface area contributed by atoms with E-state index in [2.05, 4.69) is 10.6 Å². The Morgan fingerprint density at radius 1 is 1.17 bits per heavy atom. The number of nitrogens with two attached hydrogens (primary N) is 1. The van der Waals surface area contributed by atoms with Gasteiger partial charge in [0, 0.05) is 26.1 Å². The molecular formula is C15H27ClN4O3. The van der Waals surface area contributed by atoms with Gasteiger partial charge in [-0.3, -0.25) is 14.4 Å². The molecular weight excluding hydrogens is 320 g/mol. The van der Waals surface area contributed by atoms with Crippen molar-refractivity contribution < 1.29 is 14.4 Å². The minimum atomic E-state index is -0.405. The molecule has 0 aromatic rings. The van der Waals surface area contributed by atoms with E-state index < -0.39 is 6.04 Å². The lowest BCUT2D eigenvalue weighted by molar-refractivity contribution is -0.138. The normalized spacial score (nSPS) is 26.5. The highest BCUT2D eigenvalue weighted by molar-refractivity contribution is 5.90. The van der Waals surface area contributed by atoms with Crippen LogP contribution in [-0.4, -0.2) is 54.8 Å². The molecule has 3 atom stereocenters. The van der Waals surface area contributed by atoms with Gasteiger partial charge in [0.25, 0.3) is 0 Å². The van der Waals surface area contributed by atoms with Crippen LogP contribution in [0.5, 0.6) is 0 Å². The molecule has 3 amide bonds. The second-order valence-corrected chi connectivity index (χ2v) is 6.20. The zero-order chi connectivity index (χ0) is 16.1. The van der Waals surface area contributed by atoms with E-state index in [4.69, 9.17) is 5.73 Å². The molecule has 7 nitrogen and oxygen atoms in total. The largest absolute Gasteiger partial charge is 0.357 e. The first-order chi connectivity index (χ1) is 10.5. The van der Waals surface area contributed by atoms with Crippen molar-refractivity contribution >= 4 is 30.1 Å². The van der Waals surface area contributed by atoms with Crippen molar-refractivity contribution in [3.05, 3.63) is 0 Å². The van der Waals surface area contributed by atoms with Crippen LogP contribution in [0.15, 0.2) is 0 Å². The predicted octanol–water partition coefficient (Wildman–Crippen LogP) is -0.221. The van der Waals surface area contributed by atoms with Crippen molar-refractivity contribution in [3.8, 4) is 0 Å². The smallest absolute Gasteiger partial charge is 0.242 e. The van der Waals surface area contributed by atoms with Gasteiger partial charge in [-0.25, -0.2) is 0 Å². The number of carbonyl (C=O) groups is 3. The molecule has 23 heavy (non-hydrogen) atoms. The number of likely N-dealkylation sites (tertiary alicyclic amines) is 1. The van der Waals surface area contributed by atoms with E-state index in [9.17, 15) is 14.4 Å². The SMILES string of the molecule is CNC(=O)C1CCCN1C(=O)CNC(=O)C[C@@H]1CCC[C@H]1N.Cl. The molecule has 0 aromatic carbocycles. The second kappa shape index (κ2) is 9.08. The fourth-order valence-corrected chi connectivity index (χ4v) is 3.41. The zero-order valence-electron chi connectivity index (χ0n) is 13.5. The Morgan fingerprint density at radius 2 is 1.91 bits per heavy atom. The summed E-state index contributed by atoms with van der Waals surface area (Å²) in [4.78, 5) is 37.4. The van der Waals surface area contributed by atoms with Crippen molar-refractivity contribution in [2.45, 2.75) is 50.6 Å². The summed E-state index contributed by atoms with van der Waals surface area (Å²) < 4.78 is 0. The topological polar surface area (TPSA) is 105 Å². The van der Waals surface area contributed by atoms with Gasteiger partial charge in [-0.15, -0.1) is 12.4 Å². The molecule has 2 fully saturated rings. The first-order valence-electron chi connectivity index (χ1n) is 8.06. The summed E-state index contributed by atoms with van der Waals surface area (Å²) in [5.74, 6) is -0.254. The monoisotopic (exact) mass is 346 g/mol. The summed E-state index contributed by atoms with van der Waals surface area (Å²) in [6, 6.07) is -0.310. The van der Waals surface area contributed by atoms with Crippen LogP contribution in [0.3, 0.4) is 0 Å². The standard InChI is InChI=1S/C15H26N4O3.ClH/c1-17-15(22)12-6-3-7-19(12)14(21)9-18-13(20)8-10-4-2-5-11(10)16;/h10-12H,2-9,16H2,1H3,(H,17,22)(H,18,20);1H/t10-,11+,12?;/m0./s1. The van der Waals surface area contributed by atoms with Crippen LogP contribution in [0.2, 0.25) is 0 Å². The summed E-state index contributed by atoms with van der Waals surface area (Å²) in [5.41, 5.74) is 5.95. The lowest BCUT2D eigenvalue weighted by atomic mass is 10.00. The molecule has 1 heterocycles. The van der Waals surface area contributed by atoms with Gasteiger partial charge >= 0.3 is 0 Å². The molecule has 8 heteroatoms. The lowest BCUT2D eigenvalue weighted by Gasteiger charge is -2.23. The molecule has 4 N–H and O–H groups in total. The van der Waals surface area contributed by atoms with E-state index in [-0.39, 0.29) is 48.6 Å². The van der Waals surface area contributed by atoms with Crippen LogP contribution >= 0.6 is 12.4 Å². The summed E-state index contributed by atoms with van der Waals surface area (Å²) in [6.45, 7) is 0.522. The van der Waals surface area contributed by atoms with E-state index >= 15 is 0 Å². The van der Waals surface area contributed by atoms with Crippen LogP contribution in [0, 0.1) is 5.92 Å². The number of hydrogen-bond donors (Lipinski definition) is 3. The second-order valence-electron chi connectivity index (χ2n) is 6.20. The minimum Gasteiger partial charge on any atom is -0.357 e. The van der Waals surface area contributed by atoms with Gasteiger partial charge in [0.2, 0.25) is 17.7 Å². The van der Waals surface area contributed by atoms with Crippen molar-refractivity contribution in [1.82, 2.24) is 15.5 Å². The number of nitrogens with zero attached hydrogens (tertiary/aromatic N) is 1. The van der Waals surface area contributed by atoms with Crippen LogP contribution < -0.4 is 16.4 Å². The van der Waals surface area contributed by atoms with E-state index in [0.29, 0.717) is 19.4 Å². The molecule has 2 rings (SSSR count). The number of carbonyl (C=O) groups excluding carboxylic acids is 3. The highest BCUT2D eigenvalue weighted by atomic mass is 35.5. The highest BCUT2D eigenvalue weighted by Gasteiger charge is 2.33. The molecule has 1 saturated carbocycles.